The topological polar surface area (TPSA) is 39.1 Å². The Kier molecular flexibility index (Phi) is 4.68. The van der Waals surface area contributed by atoms with E-state index in [0.29, 0.717) is 11.7 Å². The highest BCUT2D eigenvalue weighted by atomic mass is 35.5. The van der Waals surface area contributed by atoms with Gasteiger partial charge in [0.15, 0.2) is 0 Å². The average Bonchev–Trinajstić information content (AvgIpc) is 2.70. The van der Waals surface area contributed by atoms with Gasteiger partial charge in [0.05, 0.1) is 12.8 Å². The Morgan fingerprint density at radius 1 is 1.40 bits per heavy atom. The minimum atomic E-state index is 0.168. The molecule has 0 aliphatic carbocycles. The molecule has 0 unspecified atom stereocenters. The third kappa shape index (κ3) is 2.97. The van der Waals surface area contributed by atoms with E-state index in [9.17, 15) is 0 Å². The maximum absolute atomic E-state index is 6.24. The molecule has 0 spiro atoms. The molecule has 4 nitrogen and oxygen atoms in total. The lowest BCUT2D eigenvalue weighted by atomic mass is 10.1. The monoisotopic (exact) mass is 293 g/mol. The minimum Gasteiger partial charge on any atom is -0.496 e. The second kappa shape index (κ2) is 6.29. The Balaban J connectivity index is 2.10. The Morgan fingerprint density at radius 3 is 2.70 bits per heavy atom. The molecule has 0 fully saturated rings. The molecule has 1 atom stereocenters. The van der Waals surface area contributed by atoms with E-state index in [1.165, 1.54) is 0 Å². The standard InChI is InChI=1S/C15H20ClN3O/c1-10(12-7-5-6-8-14(12)20-4)17-9-13-11(2)18-19(3)15(13)16/h5-8,10,17H,9H2,1-4H3/t10-/m0/s1. The van der Waals surface area contributed by atoms with Crippen LogP contribution >= 0.6 is 11.6 Å². The fourth-order valence-electron chi connectivity index (χ4n) is 2.26. The van der Waals surface area contributed by atoms with Crippen molar-refractivity contribution < 1.29 is 4.74 Å². The molecule has 0 aliphatic heterocycles. The number of benzene rings is 1. The van der Waals surface area contributed by atoms with Crippen LogP contribution in [0.4, 0.5) is 0 Å². The third-order valence-corrected chi connectivity index (χ3v) is 3.93. The Morgan fingerprint density at radius 2 is 2.10 bits per heavy atom. The highest BCUT2D eigenvalue weighted by Gasteiger charge is 2.14. The van der Waals surface area contributed by atoms with Crippen LogP contribution in [0.5, 0.6) is 5.75 Å². The molecule has 5 heteroatoms. The van der Waals surface area contributed by atoms with Gasteiger partial charge in [0.2, 0.25) is 0 Å². The van der Waals surface area contributed by atoms with Gasteiger partial charge >= 0.3 is 0 Å². The molecule has 0 amide bonds. The van der Waals surface area contributed by atoms with Gasteiger partial charge in [0.25, 0.3) is 0 Å². The number of para-hydroxylation sites is 1. The van der Waals surface area contributed by atoms with Gasteiger partial charge in [-0.15, -0.1) is 0 Å². The third-order valence-electron chi connectivity index (χ3n) is 3.46. The van der Waals surface area contributed by atoms with Crippen LogP contribution in [0, 0.1) is 6.92 Å². The van der Waals surface area contributed by atoms with Gasteiger partial charge in [-0.3, -0.25) is 4.68 Å². The van der Waals surface area contributed by atoms with Crippen LogP contribution in [0.2, 0.25) is 5.15 Å². The quantitative estimate of drug-likeness (QED) is 0.920. The van der Waals surface area contributed by atoms with Crippen LogP contribution in [0.1, 0.15) is 29.8 Å². The van der Waals surface area contributed by atoms with Gasteiger partial charge in [0.1, 0.15) is 10.9 Å². The van der Waals surface area contributed by atoms with Crippen LogP contribution in [0.25, 0.3) is 0 Å². The molecule has 1 aromatic heterocycles. The maximum atomic E-state index is 6.24. The zero-order valence-electron chi connectivity index (χ0n) is 12.3. The summed E-state index contributed by atoms with van der Waals surface area (Å²) in [6.45, 7) is 4.76. The van der Waals surface area contributed by atoms with Crippen molar-refractivity contribution >= 4 is 11.6 Å². The number of rotatable bonds is 5. The minimum absolute atomic E-state index is 0.168. The van der Waals surface area contributed by atoms with Crippen LogP contribution in [0.15, 0.2) is 24.3 Å². The Hall–Kier alpha value is -1.52. The van der Waals surface area contributed by atoms with Crippen LogP contribution in [-0.2, 0) is 13.6 Å². The lowest BCUT2D eigenvalue weighted by Crippen LogP contribution is -2.19. The van der Waals surface area contributed by atoms with E-state index in [4.69, 9.17) is 16.3 Å². The van der Waals surface area contributed by atoms with E-state index in [2.05, 4.69) is 23.4 Å². The number of hydrogen-bond acceptors (Lipinski definition) is 3. The number of aromatic nitrogens is 2. The first-order valence-corrected chi connectivity index (χ1v) is 6.96. The van der Waals surface area contributed by atoms with Gasteiger partial charge in [-0.05, 0) is 19.9 Å². The zero-order valence-corrected chi connectivity index (χ0v) is 13.0. The largest absolute Gasteiger partial charge is 0.496 e. The molecule has 1 aromatic carbocycles. The number of hydrogen-bond donors (Lipinski definition) is 1. The summed E-state index contributed by atoms with van der Waals surface area (Å²) in [6.07, 6.45) is 0. The van der Waals surface area contributed by atoms with E-state index >= 15 is 0 Å². The SMILES string of the molecule is COc1ccccc1[C@H](C)NCc1c(C)nn(C)c1Cl. The highest BCUT2D eigenvalue weighted by Crippen LogP contribution is 2.25. The summed E-state index contributed by atoms with van der Waals surface area (Å²) in [5.41, 5.74) is 3.13. The molecule has 2 rings (SSSR count). The number of nitrogens with one attached hydrogen (secondary N) is 1. The fourth-order valence-corrected chi connectivity index (χ4v) is 2.51. The normalized spacial score (nSPS) is 12.4. The lowest BCUT2D eigenvalue weighted by Gasteiger charge is -2.17. The molecular formula is C15H20ClN3O. The molecule has 2 aromatic rings. The van der Waals surface area contributed by atoms with Crippen molar-refractivity contribution in [3.8, 4) is 5.75 Å². The van der Waals surface area contributed by atoms with Crippen molar-refractivity contribution in [3.05, 3.63) is 46.2 Å². The predicted molar refractivity (Wildman–Crippen MR) is 81.2 cm³/mol. The highest BCUT2D eigenvalue weighted by molar-refractivity contribution is 6.30. The fraction of sp³-hybridized carbons (Fsp3) is 0.400. The maximum Gasteiger partial charge on any atom is 0.131 e. The molecule has 1 heterocycles. The number of halogens is 1. The van der Waals surface area contributed by atoms with Gasteiger partial charge in [-0.2, -0.15) is 5.10 Å². The van der Waals surface area contributed by atoms with E-state index in [0.717, 1.165) is 22.6 Å². The smallest absolute Gasteiger partial charge is 0.131 e. The van der Waals surface area contributed by atoms with Crippen molar-refractivity contribution in [2.45, 2.75) is 26.4 Å². The number of nitrogens with zero attached hydrogens (tertiary/aromatic N) is 2. The molecule has 20 heavy (non-hydrogen) atoms. The zero-order chi connectivity index (χ0) is 14.7. The van der Waals surface area contributed by atoms with Crippen molar-refractivity contribution in [3.63, 3.8) is 0 Å². The summed E-state index contributed by atoms with van der Waals surface area (Å²) in [4.78, 5) is 0. The van der Waals surface area contributed by atoms with E-state index in [1.54, 1.807) is 11.8 Å². The predicted octanol–water partition coefficient (Wildman–Crippen LogP) is 3.24. The Labute approximate surface area is 124 Å². The molecule has 1 N–H and O–H groups in total. The first-order valence-electron chi connectivity index (χ1n) is 6.58. The number of ether oxygens (including phenoxy) is 1. The molecule has 0 saturated heterocycles. The van der Waals surface area contributed by atoms with Gasteiger partial charge in [-0.1, -0.05) is 29.8 Å². The first kappa shape index (κ1) is 14.9. The number of methoxy groups -OCH3 is 1. The van der Waals surface area contributed by atoms with Crippen molar-refractivity contribution in [2.24, 2.45) is 7.05 Å². The lowest BCUT2D eigenvalue weighted by molar-refractivity contribution is 0.401. The molecular weight excluding hydrogens is 274 g/mol. The molecule has 0 aliphatic rings. The van der Waals surface area contributed by atoms with Crippen molar-refractivity contribution in [1.82, 2.24) is 15.1 Å². The molecule has 0 radical (unpaired) electrons. The van der Waals surface area contributed by atoms with Crippen LogP contribution in [0.3, 0.4) is 0 Å². The van der Waals surface area contributed by atoms with E-state index < -0.39 is 0 Å². The summed E-state index contributed by atoms with van der Waals surface area (Å²) < 4.78 is 7.08. The second-order valence-electron chi connectivity index (χ2n) is 4.82. The van der Waals surface area contributed by atoms with Crippen LogP contribution in [-0.4, -0.2) is 16.9 Å². The van der Waals surface area contributed by atoms with E-state index in [-0.39, 0.29) is 6.04 Å². The summed E-state index contributed by atoms with van der Waals surface area (Å²) in [7, 11) is 3.54. The molecule has 108 valence electrons. The average molecular weight is 294 g/mol. The van der Waals surface area contributed by atoms with Crippen molar-refractivity contribution in [1.29, 1.82) is 0 Å². The summed E-state index contributed by atoms with van der Waals surface area (Å²) >= 11 is 6.24. The molecule has 0 bridgehead atoms. The summed E-state index contributed by atoms with van der Waals surface area (Å²) in [5, 5.41) is 8.46. The summed E-state index contributed by atoms with van der Waals surface area (Å²) in [5.74, 6) is 0.890. The van der Waals surface area contributed by atoms with E-state index in [1.807, 2.05) is 32.2 Å². The number of aryl methyl sites for hydroxylation is 2. The van der Waals surface area contributed by atoms with Gasteiger partial charge < -0.3 is 10.1 Å². The molecule has 0 saturated carbocycles. The second-order valence-corrected chi connectivity index (χ2v) is 5.18. The van der Waals surface area contributed by atoms with Crippen LogP contribution < -0.4 is 10.1 Å². The van der Waals surface area contributed by atoms with Crippen molar-refractivity contribution in [2.75, 3.05) is 7.11 Å². The Bertz CT molecular complexity index is 595. The summed E-state index contributed by atoms with van der Waals surface area (Å²) in [6, 6.07) is 8.18. The van der Waals surface area contributed by atoms with Gasteiger partial charge in [0, 0.05) is 30.8 Å². The first-order chi connectivity index (χ1) is 9.54. The van der Waals surface area contributed by atoms with Gasteiger partial charge in [-0.25, -0.2) is 0 Å².